The molecule has 5 rings (SSSR count). The molecule has 2 aliphatic rings. The number of nitrogens with zero attached hydrogens (tertiary/aromatic N) is 6. The van der Waals surface area contributed by atoms with Gasteiger partial charge in [0.25, 0.3) is 0 Å². The monoisotopic (exact) mass is 1690 g/mol. The minimum absolute atomic E-state index is 0.0203. The van der Waals surface area contributed by atoms with E-state index in [1.807, 2.05) is 151 Å². The molecular weight excluding hydrogens is 1550 g/mol. The maximum atomic E-state index is 14.9. The lowest BCUT2D eigenvalue weighted by Crippen LogP contribution is -2.59. The Balaban J connectivity index is 1.38. The number of carbonyl (C=O) groups excluding carboxylic acids is 11. The van der Waals surface area contributed by atoms with Gasteiger partial charge >= 0.3 is 12.1 Å². The minimum atomic E-state index is -1.22. The quantitative estimate of drug-likeness (QED) is 0.0226. The Morgan fingerprint density at radius 2 is 0.868 bits per heavy atom. The average Bonchev–Trinajstić information content (AvgIpc) is 1.39. The van der Waals surface area contributed by atoms with Gasteiger partial charge < -0.3 is 74.6 Å². The Morgan fingerprint density at radius 3 is 1.24 bits per heavy atom. The summed E-state index contributed by atoms with van der Waals surface area (Å²) in [5.74, 6) is -6.55. The van der Waals surface area contributed by atoms with Crippen molar-refractivity contribution in [1.82, 2.24) is 56.0 Å². The molecule has 2 fully saturated rings. The number of nitrogens with one attached hydrogen (secondary N) is 6. The second-order valence-corrected chi connectivity index (χ2v) is 36.1. The van der Waals surface area contributed by atoms with Gasteiger partial charge in [0, 0.05) is 80.7 Å². The van der Waals surface area contributed by atoms with Crippen LogP contribution in [0.25, 0.3) is 0 Å². The summed E-state index contributed by atoms with van der Waals surface area (Å²) in [4.78, 5) is 169. The van der Waals surface area contributed by atoms with Crippen LogP contribution in [0.4, 0.5) is 10.5 Å². The van der Waals surface area contributed by atoms with E-state index in [0.717, 1.165) is 5.56 Å². The molecule has 3 aromatic carbocycles. The molecule has 0 saturated carbocycles. The third-order valence-corrected chi connectivity index (χ3v) is 24.1. The van der Waals surface area contributed by atoms with Gasteiger partial charge in [-0.1, -0.05) is 164 Å². The van der Waals surface area contributed by atoms with Crippen molar-refractivity contribution in [3.8, 4) is 5.75 Å². The average molecular weight is 1690 g/mol. The van der Waals surface area contributed by atoms with Crippen LogP contribution in [0, 0.1) is 47.3 Å². The van der Waals surface area contributed by atoms with Crippen molar-refractivity contribution in [2.75, 3.05) is 89.1 Å². The molecule has 0 aliphatic carbocycles. The van der Waals surface area contributed by atoms with E-state index in [0.29, 0.717) is 68.4 Å². The van der Waals surface area contributed by atoms with Gasteiger partial charge in [0.05, 0.1) is 85.3 Å². The number of carbonyl (C=O) groups is 11. The highest BCUT2D eigenvalue weighted by molar-refractivity contribution is 5.93. The molecule has 10 amide bonds. The SMILES string of the molecule is CC[C@H](C)[C@@H]([C@@H](CC(=O)N1CCC[C@H]1[C@H](OC)[C@@H](C)C(=O)NC(Cc1ccc(OC(=O)[C@H](Cc2ccccc2)NC(=O)[C@H](C)[C@@H](OC)[C@@H]2CCCN2C(=O)C[C@@H](OC)[C@H]([C@@H](C)CC)N(C)C(=O)[C@@H](NC(=O)[C@H](C(C)C)N(C)C)C(C)C)cc1)C(=O)NCc1ccc(NC(=O)OC(C)(C)C)cc1)OC)N(C)C(=O)[C@@H](NC(=O)[C@H](C(C)C)N(C)C)C(C)C. The van der Waals surface area contributed by atoms with Gasteiger partial charge in [-0.05, 0) is 151 Å². The van der Waals surface area contributed by atoms with Crippen molar-refractivity contribution >= 4 is 70.9 Å². The molecule has 6 N–H and O–H groups in total. The number of likely N-dealkylation sites (tertiary alicyclic amines) is 2. The maximum absolute atomic E-state index is 14.9. The lowest BCUT2D eigenvalue weighted by Gasteiger charge is -2.41. The zero-order valence-electron chi connectivity index (χ0n) is 77.5. The van der Waals surface area contributed by atoms with Crippen LogP contribution < -0.4 is 36.6 Å². The first kappa shape index (κ1) is 103. The predicted molar refractivity (Wildman–Crippen MR) is 468 cm³/mol. The number of ether oxygens (including phenoxy) is 6. The smallest absolute Gasteiger partial charge is 0.412 e. The number of hydrogen-bond acceptors (Lipinski definition) is 19. The summed E-state index contributed by atoms with van der Waals surface area (Å²) in [7, 11) is 16.7. The van der Waals surface area contributed by atoms with Crippen LogP contribution in [-0.2, 0) is 91.0 Å². The Labute approximate surface area is 721 Å². The van der Waals surface area contributed by atoms with E-state index in [-0.39, 0.29) is 109 Å². The molecule has 1 unspecified atom stereocenters. The van der Waals surface area contributed by atoms with Crippen LogP contribution >= 0.6 is 0 Å². The van der Waals surface area contributed by atoms with Crippen LogP contribution in [-0.4, -0.2) is 269 Å². The Kier molecular flexibility index (Phi) is 41.2. The van der Waals surface area contributed by atoms with Crippen molar-refractivity contribution in [1.29, 1.82) is 0 Å². The van der Waals surface area contributed by atoms with Gasteiger partial charge in [0.1, 0.15) is 35.5 Å². The second kappa shape index (κ2) is 48.4. The van der Waals surface area contributed by atoms with E-state index in [1.165, 1.54) is 28.4 Å². The summed E-state index contributed by atoms with van der Waals surface area (Å²) >= 11 is 0. The number of amides is 10. The lowest BCUT2D eigenvalue weighted by atomic mass is 9.89. The lowest BCUT2D eigenvalue weighted by molar-refractivity contribution is -0.148. The third kappa shape index (κ3) is 29.3. The summed E-state index contributed by atoms with van der Waals surface area (Å²) in [5.41, 5.74) is 1.71. The number of esters is 1. The fourth-order valence-corrected chi connectivity index (χ4v) is 17.2. The predicted octanol–water partition coefficient (Wildman–Crippen LogP) is 9.30. The molecule has 2 aliphatic heterocycles. The molecular formula is C92H148N12O17. The van der Waals surface area contributed by atoms with Gasteiger partial charge in [-0.3, -0.25) is 58.3 Å². The molecule has 121 heavy (non-hydrogen) atoms. The largest absolute Gasteiger partial charge is 0.444 e. The normalized spacial score (nSPS) is 18.5. The first-order chi connectivity index (χ1) is 56.9. The van der Waals surface area contributed by atoms with Gasteiger partial charge in [0.15, 0.2) is 0 Å². The molecule has 29 nitrogen and oxygen atoms in total. The van der Waals surface area contributed by atoms with E-state index in [2.05, 4.69) is 31.9 Å². The number of anilines is 1. The van der Waals surface area contributed by atoms with Crippen LogP contribution in [0.15, 0.2) is 78.9 Å². The summed E-state index contributed by atoms with van der Waals surface area (Å²) in [6.45, 7) is 32.8. The van der Waals surface area contributed by atoms with Crippen molar-refractivity contribution < 1.29 is 81.2 Å². The van der Waals surface area contributed by atoms with E-state index in [9.17, 15) is 52.7 Å². The topological polar surface area (TPSA) is 335 Å². The van der Waals surface area contributed by atoms with Gasteiger partial charge in [-0.15, -0.1) is 0 Å². The van der Waals surface area contributed by atoms with Crippen molar-refractivity contribution in [3.05, 3.63) is 95.6 Å². The molecule has 0 bridgehead atoms. The maximum Gasteiger partial charge on any atom is 0.412 e. The summed E-state index contributed by atoms with van der Waals surface area (Å²) in [5, 5.41) is 17.8. The number of hydrogen-bond donors (Lipinski definition) is 6. The van der Waals surface area contributed by atoms with Gasteiger partial charge in [-0.2, -0.15) is 0 Å². The standard InChI is InChI=1S/C92H148N12O17/c1-28-58(11)79(101(22)88(112)75(54(3)4)97-86(110)77(56(7)8)99(18)19)71(116-24)51-73(105)103-47-33-37-69(103)81(118-26)60(13)83(107)95-67(85(109)93-53-64-39-43-65(44-40-64)94-91(115)121-92(15,16)17)49-63-41-45-66(46-42-63)120-90(114)68(50-62-35-31-30-32-36-62)96-84(108)61(14)82(119-27)70-38-34-48-104(70)74(106)52-72(117-25)80(59(12)29-2)102(23)89(113)76(55(5)6)98-87(111)78(57(9)10)100(20)21/h30-32,35-36,39-46,54-61,67-72,75-82H,28-29,33-34,37-38,47-53H2,1-27H3,(H,93,109)(H,94,115)(H,95,107)(H,96,108)(H,97,110)(H,98,111)/t58-,59-,60+,61+,67?,68-,69-,70-,71+,72+,75-,76-,77-,78-,79-,80-,81+,82+/m0/s1. The Bertz CT molecular complexity index is 3800. The number of methoxy groups -OCH3 is 4. The second-order valence-electron chi connectivity index (χ2n) is 36.1. The molecule has 18 atom stereocenters. The van der Waals surface area contributed by atoms with E-state index < -0.39 is 132 Å². The molecule has 2 saturated heterocycles. The highest BCUT2D eigenvalue weighted by Crippen LogP contribution is 2.34. The molecule has 3 aromatic rings. The van der Waals surface area contributed by atoms with Crippen molar-refractivity contribution in [2.45, 2.75) is 279 Å². The summed E-state index contributed by atoms with van der Waals surface area (Å²) in [6, 6.07) is 15.1. The molecule has 2 heterocycles. The van der Waals surface area contributed by atoms with Crippen LogP contribution in [0.1, 0.15) is 186 Å². The minimum Gasteiger partial charge on any atom is -0.444 e. The fraction of sp³-hybridized carbons (Fsp3) is 0.685. The van der Waals surface area contributed by atoms with E-state index in [4.69, 9.17) is 28.4 Å². The Hall–Kier alpha value is -8.61. The van der Waals surface area contributed by atoms with E-state index in [1.54, 1.807) is 117 Å². The number of rotatable bonds is 46. The number of benzene rings is 3. The summed E-state index contributed by atoms with van der Waals surface area (Å²) in [6.07, 6.45) is -0.476. The van der Waals surface area contributed by atoms with Crippen LogP contribution in [0.3, 0.4) is 0 Å². The molecule has 0 spiro atoms. The first-order valence-electron chi connectivity index (χ1n) is 43.4. The van der Waals surface area contributed by atoms with Gasteiger partial charge in [0.2, 0.25) is 53.2 Å². The zero-order chi connectivity index (χ0) is 90.8. The highest BCUT2D eigenvalue weighted by Gasteiger charge is 2.47. The molecule has 0 radical (unpaired) electrons. The molecule has 29 heteroatoms. The van der Waals surface area contributed by atoms with Crippen molar-refractivity contribution in [3.63, 3.8) is 0 Å². The van der Waals surface area contributed by atoms with Crippen LogP contribution in [0.2, 0.25) is 0 Å². The zero-order valence-corrected chi connectivity index (χ0v) is 77.5. The Morgan fingerprint density at radius 1 is 0.471 bits per heavy atom. The molecule has 0 aromatic heterocycles. The highest BCUT2D eigenvalue weighted by atomic mass is 16.6. The fourth-order valence-electron chi connectivity index (χ4n) is 17.2. The van der Waals surface area contributed by atoms with Crippen LogP contribution in [0.5, 0.6) is 5.75 Å². The first-order valence-corrected chi connectivity index (χ1v) is 43.4. The van der Waals surface area contributed by atoms with E-state index >= 15 is 0 Å². The number of likely N-dealkylation sites (N-methyl/N-ethyl adjacent to an activating group) is 4. The third-order valence-electron chi connectivity index (χ3n) is 24.1. The summed E-state index contributed by atoms with van der Waals surface area (Å²) < 4.78 is 36.1. The molecule has 678 valence electrons. The van der Waals surface area contributed by atoms with Gasteiger partial charge in [-0.25, -0.2) is 9.59 Å². The van der Waals surface area contributed by atoms with Crippen molar-refractivity contribution in [2.24, 2.45) is 47.3 Å².